The summed E-state index contributed by atoms with van der Waals surface area (Å²) in [6.07, 6.45) is 4.79. The summed E-state index contributed by atoms with van der Waals surface area (Å²) in [5.74, 6) is 0.339. The smallest absolute Gasteiger partial charge is 0.277 e. The van der Waals surface area contributed by atoms with Crippen LogP contribution in [0.2, 0.25) is 0 Å². The van der Waals surface area contributed by atoms with Crippen LogP contribution in [0.3, 0.4) is 0 Å². The fourth-order valence-corrected chi connectivity index (χ4v) is 2.79. The quantitative estimate of drug-likeness (QED) is 0.592. The van der Waals surface area contributed by atoms with E-state index in [0.29, 0.717) is 22.2 Å². The van der Waals surface area contributed by atoms with Crippen LogP contribution < -0.4 is 5.32 Å². The van der Waals surface area contributed by atoms with Crippen LogP contribution in [0.1, 0.15) is 10.5 Å². The van der Waals surface area contributed by atoms with Gasteiger partial charge in [0.25, 0.3) is 5.91 Å². The van der Waals surface area contributed by atoms with E-state index in [1.165, 1.54) is 11.3 Å². The molecule has 1 amide bonds. The number of aromatic nitrogens is 5. The molecule has 0 atom stereocenters. The van der Waals surface area contributed by atoms with Gasteiger partial charge in [-0.3, -0.25) is 15.1 Å². The zero-order valence-corrected chi connectivity index (χ0v) is 12.9. The molecule has 0 aromatic carbocycles. The van der Waals surface area contributed by atoms with E-state index in [1.54, 1.807) is 36.2 Å². The number of rotatable bonds is 4. The van der Waals surface area contributed by atoms with Crippen molar-refractivity contribution in [1.82, 2.24) is 25.1 Å². The maximum atomic E-state index is 12.2. The summed E-state index contributed by atoms with van der Waals surface area (Å²) in [5.41, 5.74) is 1.77. The number of thiazole rings is 1. The van der Waals surface area contributed by atoms with Gasteiger partial charge in [0, 0.05) is 17.1 Å². The number of hydrogen-bond acceptors (Lipinski definition) is 7. The highest BCUT2D eigenvalue weighted by molar-refractivity contribution is 7.13. The van der Waals surface area contributed by atoms with E-state index in [1.807, 2.05) is 12.1 Å². The van der Waals surface area contributed by atoms with Gasteiger partial charge in [-0.2, -0.15) is 0 Å². The van der Waals surface area contributed by atoms with Gasteiger partial charge in [-0.15, -0.1) is 21.5 Å². The van der Waals surface area contributed by atoms with Crippen LogP contribution in [0.5, 0.6) is 0 Å². The number of H-pyrrole nitrogens is 1. The first kappa shape index (κ1) is 14.3. The normalized spacial score (nSPS) is 10.7. The Balaban J connectivity index is 1.50. The average Bonchev–Trinajstić information content (AvgIpc) is 3.36. The van der Waals surface area contributed by atoms with Crippen LogP contribution in [0.25, 0.3) is 22.1 Å². The van der Waals surface area contributed by atoms with Gasteiger partial charge in [-0.05, 0) is 18.2 Å². The number of aromatic amines is 1. The Bertz CT molecular complexity index is 961. The second-order valence-electron chi connectivity index (χ2n) is 4.74. The van der Waals surface area contributed by atoms with Gasteiger partial charge in [0.05, 0.1) is 6.26 Å². The molecule has 0 saturated carbocycles. The lowest BCUT2D eigenvalue weighted by Gasteiger charge is -1.97. The molecule has 0 spiro atoms. The van der Waals surface area contributed by atoms with Crippen molar-refractivity contribution in [2.45, 2.75) is 0 Å². The van der Waals surface area contributed by atoms with Crippen LogP contribution in [-0.4, -0.2) is 31.1 Å². The fourth-order valence-electron chi connectivity index (χ4n) is 2.00. The molecule has 4 heterocycles. The molecule has 0 aliphatic rings. The van der Waals surface area contributed by atoms with E-state index in [2.05, 4.69) is 30.5 Å². The third kappa shape index (κ3) is 2.79. The number of nitrogens with one attached hydrogen (secondary N) is 2. The maximum Gasteiger partial charge on any atom is 0.277 e. The second-order valence-corrected chi connectivity index (χ2v) is 5.60. The minimum atomic E-state index is -0.371. The Morgan fingerprint density at radius 3 is 3.00 bits per heavy atom. The molecule has 0 aliphatic carbocycles. The number of pyridine rings is 1. The van der Waals surface area contributed by atoms with Crippen molar-refractivity contribution >= 4 is 23.2 Å². The molecule has 9 heteroatoms. The Hall–Kier alpha value is -3.33. The molecule has 0 radical (unpaired) electrons. The third-order valence-electron chi connectivity index (χ3n) is 3.13. The molecule has 4 aromatic heterocycles. The second kappa shape index (κ2) is 6.05. The van der Waals surface area contributed by atoms with Crippen LogP contribution in [0.15, 0.2) is 52.8 Å². The molecule has 0 aliphatic heterocycles. The third-order valence-corrected chi connectivity index (χ3v) is 4.02. The highest BCUT2D eigenvalue weighted by atomic mass is 32.1. The Morgan fingerprint density at radius 1 is 1.25 bits per heavy atom. The number of furan rings is 1. The van der Waals surface area contributed by atoms with Crippen molar-refractivity contribution in [3.8, 4) is 22.1 Å². The minimum Gasteiger partial charge on any atom is -0.472 e. The van der Waals surface area contributed by atoms with Crippen molar-refractivity contribution in [3.63, 3.8) is 0 Å². The average molecular weight is 338 g/mol. The highest BCUT2D eigenvalue weighted by Gasteiger charge is 2.15. The van der Waals surface area contributed by atoms with Crippen LogP contribution in [0, 0.1) is 0 Å². The van der Waals surface area contributed by atoms with Gasteiger partial charge in [-0.25, -0.2) is 4.98 Å². The topological polar surface area (TPSA) is 110 Å². The van der Waals surface area contributed by atoms with Crippen molar-refractivity contribution in [2.24, 2.45) is 0 Å². The molecular formula is C15H10N6O2S. The number of nitrogens with zero attached hydrogens (tertiary/aromatic N) is 4. The minimum absolute atomic E-state index is 0.235. The maximum absolute atomic E-state index is 12.2. The summed E-state index contributed by atoms with van der Waals surface area (Å²) in [7, 11) is 0. The fraction of sp³-hybridized carbons (Fsp3) is 0. The molecule has 24 heavy (non-hydrogen) atoms. The predicted octanol–water partition coefficient (Wildman–Crippen LogP) is 2.84. The van der Waals surface area contributed by atoms with Crippen LogP contribution in [0.4, 0.5) is 5.95 Å². The number of anilines is 1. The monoisotopic (exact) mass is 338 g/mol. The van der Waals surface area contributed by atoms with E-state index >= 15 is 0 Å². The molecule has 0 saturated heterocycles. The van der Waals surface area contributed by atoms with Crippen molar-refractivity contribution in [2.75, 3.05) is 5.32 Å². The molecular weight excluding hydrogens is 328 g/mol. The molecule has 4 aromatic rings. The first-order valence-electron chi connectivity index (χ1n) is 6.93. The van der Waals surface area contributed by atoms with Gasteiger partial charge in [0.15, 0.2) is 5.82 Å². The Labute approximate surface area is 139 Å². The Morgan fingerprint density at radius 2 is 2.21 bits per heavy atom. The van der Waals surface area contributed by atoms with Crippen molar-refractivity contribution in [1.29, 1.82) is 0 Å². The van der Waals surface area contributed by atoms with E-state index in [0.717, 1.165) is 5.56 Å². The number of amides is 1. The Kier molecular flexibility index (Phi) is 3.60. The molecule has 0 bridgehead atoms. The van der Waals surface area contributed by atoms with Gasteiger partial charge in [0.2, 0.25) is 5.95 Å². The van der Waals surface area contributed by atoms with Gasteiger partial charge >= 0.3 is 0 Å². The van der Waals surface area contributed by atoms with Crippen molar-refractivity contribution < 1.29 is 9.21 Å². The SMILES string of the molecule is O=C(Nc1nnc(-c2ccccn2)[nH]1)c1csc(-c2ccoc2)n1. The molecule has 0 unspecified atom stereocenters. The first-order chi connectivity index (χ1) is 11.8. The van der Waals surface area contributed by atoms with Crippen LogP contribution in [-0.2, 0) is 0 Å². The number of carbonyl (C=O) groups is 1. The molecule has 118 valence electrons. The van der Waals surface area contributed by atoms with Crippen molar-refractivity contribution in [3.05, 3.63) is 54.1 Å². The summed E-state index contributed by atoms with van der Waals surface area (Å²) >= 11 is 1.36. The molecule has 8 nitrogen and oxygen atoms in total. The van der Waals surface area contributed by atoms with E-state index < -0.39 is 0 Å². The summed E-state index contributed by atoms with van der Waals surface area (Å²) < 4.78 is 5.02. The van der Waals surface area contributed by atoms with Gasteiger partial charge < -0.3 is 9.40 Å². The standard InChI is InChI=1S/C15H10N6O2S/c22-13(11-8-24-14(17-11)9-4-6-23-7-9)19-15-18-12(20-21-15)10-3-1-2-5-16-10/h1-8H,(H2,18,19,20,21,22). The lowest BCUT2D eigenvalue weighted by Crippen LogP contribution is -2.13. The summed E-state index contributed by atoms with van der Waals surface area (Å²) in [6, 6.07) is 7.23. The number of carbonyl (C=O) groups excluding carboxylic acids is 1. The number of hydrogen-bond donors (Lipinski definition) is 2. The summed E-state index contributed by atoms with van der Waals surface area (Å²) in [5, 5.41) is 12.9. The van der Waals surface area contributed by atoms with Crippen LogP contribution >= 0.6 is 11.3 Å². The zero-order chi connectivity index (χ0) is 16.4. The van der Waals surface area contributed by atoms with E-state index in [-0.39, 0.29) is 11.9 Å². The first-order valence-corrected chi connectivity index (χ1v) is 7.81. The summed E-state index contributed by atoms with van der Waals surface area (Å²) in [4.78, 5) is 23.6. The lowest BCUT2D eigenvalue weighted by atomic mass is 10.3. The summed E-state index contributed by atoms with van der Waals surface area (Å²) in [6.45, 7) is 0. The van der Waals surface area contributed by atoms with E-state index in [4.69, 9.17) is 4.42 Å². The molecule has 0 fully saturated rings. The lowest BCUT2D eigenvalue weighted by molar-refractivity contribution is 0.102. The van der Waals surface area contributed by atoms with Gasteiger partial charge in [-0.1, -0.05) is 6.07 Å². The highest BCUT2D eigenvalue weighted by Crippen LogP contribution is 2.24. The molecule has 4 rings (SSSR count). The van der Waals surface area contributed by atoms with E-state index in [9.17, 15) is 4.79 Å². The largest absolute Gasteiger partial charge is 0.472 e. The zero-order valence-electron chi connectivity index (χ0n) is 12.1. The predicted molar refractivity (Wildman–Crippen MR) is 87.4 cm³/mol. The van der Waals surface area contributed by atoms with Gasteiger partial charge in [0.1, 0.15) is 22.7 Å². The molecule has 2 N–H and O–H groups in total.